The predicted molar refractivity (Wildman–Crippen MR) is 64.0 cm³/mol. The van der Waals surface area contributed by atoms with Gasteiger partial charge in [-0.05, 0) is 12.1 Å². The summed E-state index contributed by atoms with van der Waals surface area (Å²) >= 11 is 3.10. The first-order valence-corrected chi connectivity index (χ1v) is 4.88. The molecule has 0 saturated carbocycles. The highest BCUT2D eigenvalue weighted by atomic mass is 79.9. The molecule has 0 radical (unpaired) electrons. The van der Waals surface area contributed by atoms with Crippen LogP contribution in [0.4, 0.5) is 0 Å². The van der Waals surface area contributed by atoms with Crippen LogP contribution in [0.15, 0.2) is 16.6 Å². The predicted octanol–water partition coefficient (Wildman–Crippen LogP) is 1.27. The highest BCUT2D eigenvalue weighted by molar-refractivity contribution is 9.10. The highest BCUT2D eigenvalue weighted by Crippen LogP contribution is 2.30. The normalized spacial score (nSPS) is 11.7. The van der Waals surface area contributed by atoms with Crippen molar-refractivity contribution in [1.29, 1.82) is 0 Å². The summed E-state index contributed by atoms with van der Waals surface area (Å²) in [5, 5.41) is 27.2. The molecule has 1 rings (SSSR count). The van der Waals surface area contributed by atoms with E-state index in [2.05, 4.69) is 15.9 Å². The lowest BCUT2D eigenvalue weighted by Crippen LogP contribution is -2.15. The van der Waals surface area contributed by atoms with Crippen LogP contribution >= 0.6 is 28.3 Å². The monoisotopic (exact) mass is 311 g/mol. The summed E-state index contributed by atoms with van der Waals surface area (Å²) in [6, 6.07) is 1.94. The maximum Gasteiger partial charge on any atom is 0.339 e. The fourth-order valence-electron chi connectivity index (χ4n) is 1.16. The molecule has 7 heteroatoms. The second-order valence-corrected chi connectivity index (χ2v) is 3.90. The number of phenols is 1. The first-order chi connectivity index (χ1) is 6.97. The molecular weight excluding hydrogens is 301 g/mol. The van der Waals surface area contributed by atoms with Crippen LogP contribution in [0.25, 0.3) is 0 Å². The first kappa shape index (κ1) is 15.2. The Morgan fingerprint density at radius 3 is 2.50 bits per heavy atom. The molecule has 0 amide bonds. The van der Waals surface area contributed by atoms with Crippen LogP contribution in [0, 0.1) is 0 Å². The number of aromatic hydroxyl groups is 1. The summed E-state index contributed by atoms with van der Waals surface area (Å²) in [4.78, 5) is 10.8. The van der Waals surface area contributed by atoms with E-state index in [4.69, 9.17) is 15.9 Å². The molecule has 0 saturated heterocycles. The highest BCUT2D eigenvalue weighted by Gasteiger charge is 2.18. The molecule has 0 unspecified atom stereocenters. The van der Waals surface area contributed by atoms with Crippen LogP contribution < -0.4 is 5.73 Å². The van der Waals surface area contributed by atoms with Gasteiger partial charge in [0.2, 0.25) is 0 Å². The summed E-state index contributed by atoms with van der Waals surface area (Å²) < 4.78 is 0.483. The van der Waals surface area contributed by atoms with Crippen molar-refractivity contribution < 1.29 is 20.1 Å². The number of nitrogens with two attached hydrogens (primary N) is 1. The van der Waals surface area contributed by atoms with Crippen molar-refractivity contribution in [2.24, 2.45) is 5.73 Å². The molecule has 1 atom stereocenters. The zero-order chi connectivity index (χ0) is 11.6. The van der Waals surface area contributed by atoms with E-state index in [9.17, 15) is 9.90 Å². The molecular formula is C9H11BrClNO4. The van der Waals surface area contributed by atoms with Crippen LogP contribution in [0.2, 0.25) is 0 Å². The van der Waals surface area contributed by atoms with Gasteiger partial charge in [0.25, 0.3) is 0 Å². The maximum absolute atomic E-state index is 10.8. The van der Waals surface area contributed by atoms with E-state index >= 15 is 0 Å². The van der Waals surface area contributed by atoms with E-state index in [0.29, 0.717) is 4.47 Å². The van der Waals surface area contributed by atoms with Crippen LogP contribution in [-0.4, -0.2) is 27.9 Å². The Hall–Kier alpha value is -0.820. The van der Waals surface area contributed by atoms with Crippen LogP contribution in [0.5, 0.6) is 5.75 Å². The van der Waals surface area contributed by atoms with Gasteiger partial charge in [-0.2, -0.15) is 0 Å². The maximum atomic E-state index is 10.8. The van der Waals surface area contributed by atoms with Crippen LogP contribution in [0.1, 0.15) is 22.0 Å². The minimum atomic E-state index is -1.25. The second kappa shape index (κ2) is 6.05. The zero-order valence-electron chi connectivity index (χ0n) is 8.05. The Balaban J connectivity index is 0.00000225. The van der Waals surface area contributed by atoms with Gasteiger partial charge in [-0.25, -0.2) is 4.79 Å². The van der Waals surface area contributed by atoms with Crippen LogP contribution in [-0.2, 0) is 0 Å². The number of hydrogen-bond donors (Lipinski definition) is 4. The number of benzene rings is 1. The lowest BCUT2D eigenvalue weighted by molar-refractivity contribution is 0.0693. The molecule has 5 N–H and O–H groups in total. The lowest BCUT2D eigenvalue weighted by Gasteiger charge is -2.13. The number of hydrogen-bond acceptors (Lipinski definition) is 4. The average Bonchev–Trinajstić information content (AvgIpc) is 2.19. The van der Waals surface area contributed by atoms with E-state index in [0.717, 1.165) is 0 Å². The van der Waals surface area contributed by atoms with E-state index in [1.807, 2.05) is 0 Å². The van der Waals surface area contributed by atoms with Crippen molar-refractivity contribution in [2.75, 3.05) is 6.61 Å². The fourth-order valence-corrected chi connectivity index (χ4v) is 1.64. The molecule has 1 aromatic rings. The van der Waals surface area contributed by atoms with Gasteiger partial charge in [-0.15, -0.1) is 12.4 Å². The van der Waals surface area contributed by atoms with Gasteiger partial charge in [0, 0.05) is 10.0 Å². The fraction of sp³-hybridized carbons (Fsp3) is 0.222. The minimum absolute atomic E-state index is 0. The van der Waals surface area contributed by atoms with Gasteiger partial charge in [0.1, 0.15) is 11.3 Å². The molecule has 0 aromatic heterocycles. The third-order valence-electron chi connectivity index (χ3n) is 1.93. The molecule has 1 aromatic carbocycles. The minimum Gasteiger partial charge on any atom is -0.507 e. The third kappa shape index (κ3) is 3.08. The molecule has 16 heavy (non-hydrogen) atoms. The number of carboxylic acid groups (broad SMARTS) is 1. The number of aliphatic hydroxyl groups is 1. The van der Waals surface area contributed by atoms with Crippen molar-refractivity contribution in [3.05, 3.63) is 27.7 Å². The summed E-state index contributed by atoms with van der Waals surface area (Å²) in [6.45, 7) is -0.372. The van der Waals surface area contributed by atoms with Crippen molar-refractivity contribution in [3.8, 4) is 5.75 Å². The molecule has 0 bridgehead atoms. The smallest absolute Gasteiger partial charge is 0.339 e. The molecule has 0 aliphatic heterocycles. The number of halogens is 2. The van der Waals surface area contributed by atoms with Crippen molar-refractivity contribution in [1.82, 2.24) is 0 Å². The number of aromatic carboxylic acids is 1. The molecule has 90 valence electrons. The summed E-state index contributed by atoms with van der Waals surface area (Å²) in [7, 11) is 0. The van der Waals surface area contributed by atoms with Gasteiger partial charge in [-0.1, -0.05) is 15.9 Å². The summed E-state index contributed by atoms with van der Waals surface area (Å²) in [5.41, 5.74) is 5.46. The Kier molecular flexibility index (Phi) is 5.74. The molecule has 0 spiro atoms. The van der Waals surface area contributed by atoms with Gasteiger partial charge in [-0.3, -0.25) is 0 Å². The topological polar surface area (TPSA) is 104 Å². The van der Waals surface area contributed by atoms with Gasteiger partial charge < -0.3 is 21.1 Å². The van der Waals surface area contributed by atoms with E-state index < -0.39 is 17.8 Å². The SMILES string of the molecule is Cl.N[C@H](CO)c1cc(Br)cc(C(=O)O)c1O. The quantitative estimate of drug-likeness (QED) is 0.673. The van der Waals surface area contributed by atoms with E-state index in [1.54, 1.807) is 0 Å². The Labute approximate surface area is 106 Å². The van der Waals surface area contributed by atoms with E-state index in [-0.39, 0.29) is 30.1 Å². The van der Waals surface area contributed by atoms with E-state index in [1.165, 1.54) is 12.1 Å². The average molecular weight is 313 g/mol. The number of carboxylic acids is 1. The Morgan fingerprint density at radius 2 is 2.06 bits per heavy atom. The molecule has 0 aliphatic rings. The molecule has 0 fully saturated rings. The number of rotatable bonds is 3. The standard InChI is InChI=1S/C9H10BrNO4.ClH/c10-4-1-5(7(11)3-12)8(13)6(2-4)9(14)15;/h1-2,7,12-13H,3,11H2,(H,14,15);1H/t7-;/m1./s1. The lowest BCUT2D eigenvalue weighted by atomic mass is 10.0. The van der Waals surface area contributed by atoms with Crippen LogP contribution in [0.3, 0.4) is 0 Å². The van der Waals surface area contributed by atoms with Gasteiger partial charge >= 0.3 is 5.97 Å². The third-order valence-corrected chi connectivity index (χ3v) is 2.39. The first-order valence-electron chi connectivity index (χ1n) is 4.09. The largest absolute Gasteiger partial charge is 0.507 e. The molecule has 5 nitrogen and oxygen atoms in total. The van der Waals surface area contributed by atoms with Gasteiger partial charge in [0.15, 0.2) is 0 Å². The van der Waals surface area contributed by atoms with Crippen molar-refractivity contribution in [2.45, 2.75) is 6.04 Å². The second-order valence-electron chi connectivity index (χ2n) is 2.99. The molecule has 0 aliphatic carbocycles. The number of aliphatic hydroxyl groups excluding tert-OH is 1. The summed E-state index contributed by atoms with van der Waals surface area (Å²) in [5.74, 6) is -1.66. The zero-order valence-corrected chi connectivity index (χ0v) is 10.5. The Morgan fingerprint density at radius 1 is 1.50 bits per heavy atom. The Bertz CT molecular complexity index is 399. The number of carbonyl (C=O) groups is 1. The molecule has 0 heterocycles. The van der Waals surface area contributed by atoms with Gasteiger partial charge in [0.05, 0.1) is 12.6 Å². The van der Waals surface area contributed by atoms with Crippen molar-refractivity contribution >= 4 is 34.3 Å². The summed E-state index contributed by atoms with van der Waals surface area (Å²) in [6.07, 6.45) is 0. The van der Waals surface area contributed by atoms with Crippen molar-refractivity contribution in [3.63, 3.8) is 0 Å².